The first-order valence-corrected chi connectivity index (χ1v) is 4.98. The second kappa shape index (κ2) is 6.49. The maximum absolute atomic E-state index is 10.3. The molecule has 0 aliphatic heterocycles. The Kier molecular flexibility index (Phi) is 6.36. The van der Waals surface area contributed by atoms with Crippen LogP contribution in [0.2, 0.25) is 0 Å². The average Bonchev–Trinajstić information content (AvgIpc) is 1.97. The third-order valence-electron chi connectivity index (χ3n) is 1.50. The van der Waals surface area contributed by atoms with Crippen LogP contribution in [0, 0.1) is 0 Å². The van der Waals surface area contributed by atoms with E-state index in [0.717, 1.165) is 12.2 Å². The number of hydrogen-bond donors (Lipinski definition) is 2. The van der Waals surface area contributed by atoms with Gasteiger partial charge in [0.1, 0.15) is 0 Å². The first-order valence-electron chi connectivity index (χ1n) is 3.58. The number of aliphatic carboxylic acids is 1. The van der Waals surface area contributed by atoms with Gasteiger partial charge < -0.3 is 10.4 Å². The van der Waals surface area contributed by atoms with Crippen LogP contribution in [0.4, 0.5) is 0 Å². The van der Waals surface area contributed by atoms with Gasteiger partial charge in [-0.15, -0.1) is 0 Å². The Morgan fingerprint density at radius 3 is 2.73 bits per heavy atom. The lowest BCUT2D eigenvalue weighted by atomic mass is 10.1. The van der Waals surface area contributed by atoms with Gasteiger partial charge in [0.2, 0.25) is 0 Å². The lowest BCUT2D eigenvalue weighted by Crippen LogP contribution is -2.28. The van der Waals surface area contributed by atoms with E-state index in [-0.39, 0.29) is 12.5 Å². The summed E-state index contributed by atoms with van der Waals surface area (Å²) in [7, 11) is 1.80. The van der Waals surface area contributed by atoms with Crippen molar-refractivity contribution in [1.29, 1.82) is 0 Å². The molecule has 0 aromatic heterocycles. The molecule has 3 nitrogen and oxygen atoms in total. The molecule has 0 aromatic rings. The van der Waals surface area contributed by atoms with Crippen LogP contribution in [0.15, 0.2) is 0 Å². The summed E-state index contributed by atoms with van der Waals surface area (Å²) < 4.78 is 0. The van der Waals surface area contributed by atoms with E-state index in [2.05, 4.69) is 5.32 Å². The van der Waals surface area contributed by atoms with E-state index in [1.807, 2.05) is 6.26 Å². The van der Waals surface area contributed by atoms with Gasteiger partial charge in [-0.25, -0.2) is 0 Å². The number of carboxylic acid groups (broad SMARTS) is 1. The molecular formula is C7H15NO2S. The molecule has 11 heavy (non-hydrogen) atoms. The van der Waals surface area contributed by atoms with Crippen LogP contribution in [0.25, 0.3) is 0 Å². The topological polar surface area (TPSA) is 49.3 Å². The fourth-order valence-corrected chi connectivity index (χ4v) is 1.34. The maximum Gasteiger partial charge on any atom is 0.304 e. The standard InChI is InChI=1S/C7H15NO2S/c1-8-6(3-4-11-2)5-7(9)10/h6,8H,3-5H2,1-2H3,(H,9,10)/t6-/m1/s1. The number of nitrogens with one attached hydrogen (secondary N) is 1. The quantitative estimate of drug-likeness (QED) is 0.630. The second-order valence-corrected chi connectivity index (χ2v) is 3.35. The summed E-state index contributed by atoms with van der Waals surface area (Å²) in [5.74, 6) is 0.282. The molecule has 0 spiro atoms. The molecule has 0 saturated heterocycles. The Labute approximate surface area is 71.6 Å². The number of rotatable bonds is 6. The van der Waals surface area contributed by atoms with Gasteiger partial charge >= 0.3 is 5.97 Å². The molecule has 0 unspecified atom stereocenters. The molecule has 66 valence electrons. The molecule has 0 saturated carbocycles. The van der Waals surface area contributed by atoms with E-state index in [1.54, 1.807) is 18.8 Å². The maximum atomic E-state index is 10.3. The summed E-state index contributed by atoms with van der Waals surface area (Å²) in [5.41, 5.74) is 0. The van der Waals surface area contributed by atoms with E-state index < -0.39 is 5.97 Å². The minimum atomic E-state index is -0.731. The fraction of sp³-hybridized carbons (Fsp3) is 0.857. The fourth-order valence-electron chi connectivity index (χ4n) is 0.819. The van der Waals surface area contributed by atoms with Crippen LogP contribution in [0.5, 0.6) is 0 Å². The van der Waals surface area contributed by atoms with Crippen molar-refractivity contribution in [2.24, 2.45) is 0 Å². The largest absolute Gasteiger partial charge is 0.481 e. The molecule has 2 N–H and O–H groups in total. The molecule has 0 aliphatic carbocycles. The zero-order chi connectivity index (χ0) is 8.69. The molecule has 0 amide bonds. The Bertz CT molecular complexity index is 119. The number of carboxylic acids is 1. The van der Waals surface area contributed by atoms with E-state index in [9.17, 15) is 4.79 Å². The van der Waals surface area contributed by atoms with Crippen molar-refractivity contribution in [1.82, 2.24) is 5.32 Å². The number of thioether (sulfide) groups is 1. The lowest BCUT2D eigenvalue weighted by Gasteiger charge is -2.11. The average molecular weight is 177 g/mol. The normalized spacial score (nSPS) is 12.9. The summed E-state index contributed by atoms with van der Waals surface area (Å²) in [5, 5.41) is 11.4. The third kappa shape index (κ3) is 6.19. The molecular weight excluding hydrogens is 162 g/mol. The van der Waals surface area contributed by atoms with Crippen LogP contribution < -0.4 is 5.32 Å². The Balaban J connectivity index is 3.49. The van der Waals surface area contributed by atoms with Gasteiger partial charge in [0, 0.05) is 6.04 Å². The van der Waals surface area contributed by atoms with Crippen molar-refractivity contribution in [3.8, 4) is 0 Å². The Hall–Kier alpha value is -0.220. The molecule has 4 heteroatoms. The number of hydrogen-bond acceptors (Lipinski definition) is 3. The lowest BCUT2D eigenvalue weighted by molar-refractivity contribution is -0.137. The minimum Gasteiger partial charge on any atom is -0.481 e. The predicted octanol–water partition coefficient (Wildman–Crippen LogP) is 0.802. The van der Waals surface area contributed by atoms with Crippen molar-refractivity contribution in [2.45, 2.75) is 18.9 Å². The molecule has 0 aliphatic rings. The van der Waals surface area contributed by atoms with Crippen molar-refractivity contribution in [3.05, 3.63) is 0 Å². The second-order valence-electron chi connectivity index (χ2n) is 2.36. The molecule has 0 heterocycles. The van der Waals surface area contributed by atoms with Gasteiger partial charge in [0.05, 0.1) is 6.42 Å². The summed E-state index contributed by atoms with van der Waals surface area (Å²) in [4.78, 5) is 10.3. The van der Waals surface area contributed by atoms with Crippen molar-refractivity contribution < 1.29 is 9.90 Å². The highest BCUT2D eigenvalue weighted by molar-refractivity contribution is 7.98. The van der Waals surface area contributed by atoms with E-state index >= 15 is 0 Å². The highest BCUT2D eigenvalue weighted by atomic mass is 32.2. The Morgan fingerprint density at radius 1 is 1.73 bits per heavy atom. The summed E-state index contributed by atoms with van der Waals surface area (Å²) in [6.07, 6.45) is 3.16. The first kappa shape index (κ1) is 10.8. The van der Waals surface area contributed by atoms with Gasteiger partial charge in [-0.1, -0.05) is 0 Å². The van der Waals surface area contributed by atoms with Crippen LogP contribution in [0.1, 0.15) is 12.8 Å². The van der Waals surface area contributed by atoms with Gasteiger partial charge in [-0.3, -0.25) is 4.79 Å². The van der Waals surface area contributed by atoms with Crippen molar-refractivity contribution in [3.63, 3.8) is 0 Å². The molecule has 0 radical (unpaired) electrons. The van der Waals surface area contributed by atoms with Gasteiger partial charge in [-0.2, -0.15) is 11.8 Å². The molecule has 0 fully saturated rings. The summed E-state index contributed by atoms with van der Waals surface area (Å²) >= 11 is 1.74. The van der Waals surface area contributed by atoms with Crippen molar-refractivity contribution in [2.75, 3.05) is 19.1 Å². The zero-order valence-corrected chi connectivity index (χ0v) is 7.78. The Morgan fingerprint density at radius 2 is 2.36 bits per heavy atom. The monoisotopic (exact) mass is 177 g/mol. The van der Waals surface area contributed by atoms with Crippen LogP contribution in [-0.2, 0) is 4.79 Å². The first-order chi connectivity index (χ1) is 5.20. The van der Waals surface area contributed by atoms with Crippen LogP contribution in [0.3, 0.4) is 0 Å². The predicted molar refractivity (Wildman–Crippen MR) is 48.1 cm³/mol. The van der Waals surface area contributed by atoms with Gasteiger partial charge in [0.15, 0.2) is 0 Å². The van der Waals surface area contributed by atoms with E-state index in [1.165, 1.54) is 0 Å². The molecule has 0 bridgehead atoms. The molecule has 0 rings (SSSR count). The highest BCUT2D eigenvalue weighted by Gasteiger charge is 2.09. The minimum absolute atomic E-state index is 0.125. The van der Waals surface area contributed by atoms with E-state index in [0.29, 0.717) is 0 Å². The highest BCUT2D eigenvalue weighted by Crippen LogP contribution is 2.03. The van der Waals surface area contributed by atoms with Crippen LogP contribution >= 0.6 is 11.8 Å². The molecule has 0 aromatic carbocycles. The van der Waals surface area contributed by atoms with Crippen molar-refractivity contribution >= 4 is 17.7 Å². The molecule has 1 atom stereocenters. The van der Waals surface area contributed by atoms with Gasteiger partial charge in [-0.05, 0) is 25.5 Å². The van der Waals surface area contributed by atoms with Gasteiger partial charge in [0.25, 0.3) is 0 Å². The smallest absolute Gasteiger partial charge is 0.304 e. The zero-order valence-electron chi connectivity index (χ0n) is 6.96. The van der Waals surface area contributed by atoms with E-state index in [4.69, 9.17) is 5.11 Å². The number of carbonyl (C=O) groups is 1. The van der Waals surface area contributed by atoms with Crippen LogP contribution in [-0.4, -0.2) is 36.2 Å². The third-order valence-corrected chi connectivity index (χ3v) is 2.14. The summed E-state index contributed by atoms with van der Waals surface area (Å²) in [6, 6.07) is 0.125. The summed E-state index contributed by atoms with van der Waals surface area (Å²) in [6.45, 7) is 0. The SMILES string of the molecule is CN[C@H](CCSC)CC(=O)O.